The Bertz CT molecular complexity index is 3380. The number of hydrogen-bond donors (Lipinski definition) is 2. The summed E-state index contributed by atoms with van der Waals surface area (Å²) in [5.74, 6) is -1.53. The fraction of sp³-hybridized carbons (Fsp3) is 0.231. The molecule has 0 fully saturated rings. The van der Waals surface area contributed by atoms with Gasteiger partial charge in [0.25, 0.3) is 0 Å². The van der Waals surface area contributed by atoms with Gasteiger partial charge in [-0.2, -0.15) is 52.7 Å². The average molecular weight is 1140 g/mol. The summed E-state index contributed by atoms with van der Waals surface area (Å²) in [7, 11) is 2.62. The molecule has 16 nitrogen and oxygen atoms in total. The van der Waals surface area contributed by atoms with E-state index in [1.165, 1.54) is 87.0 Å². The number of halogens is 12. The van der Waals surface area contributed by atoms with E-state index in [0.717, 1.165) is 58.0 Å². The quantitative estimate of drug-likeness (QED) is 0.0774. The summed E-state index contributed by atoms with van der Waals surface area (Å²) >= 11 is 0. The zero-order valence-electron chi connectivity index (χ0n) is 41.1. The molecule has 0 bridgehead atoms. The molecule has 0 atom stereocenters. The van der Waals surface area contributed by atoms with E-state index in [1.807, 2.05) is 9.97 Å². The van der Waals surface area contributed by atoms with Crippen LogP contribution < -0.4 is 51.3 Å². The van der Waals surface area contributed by atoms with Crippen molar-refractivity contribution in [1.29, 1.82) is 0 Å². The third-order valence-electron chi connectivity index (χ3n) is 11.2. The number of rotatable bonds is 18. The van der Waals surface area contributed by atoms with Gasteiger partial charge in [0.05, 0.1) is 49.6 Å². The molecular formula is C52H40F12N4O12. The predicted octanol–water partition coefficient (Wildman–Crippen LogP) is 10.8. The third kappa shape index (κ3) is 15.5. The number of aromatic nitrogens is 4. The van der Waals surface area contributed by atoms with Crippen molar-refractivity contribution >= 4 is 0 Å². The van der Waals surface area contributed by atoms with E-state index in [2.05, 4.69) is 0 Å². The van der Waals surface area contributed by atoms with Crippen molar-refractivity contribution in [2.24, 2.45) is 0 Å². The second-order valence-corrected chi connectivity index (χ2v) is 16.9. The summed E-state index contributed by atoms with van der Waals surface area (Å²) in [4.78, 5) is 50.3. The number of H-pyrrole nitrogens is 2. The van der Waals surface area contributed by atoms with Gasteiger partial charge in [-0.1, -0.05) is 48.5 Å². The zero-order chi connectivity index (χ0) is 58.2. The minimum absolute atomic E-state index is 0.0425. The standard InChI is InChI=1S/2C26H20F6N2O6/c2*1-37-20-10-17(12-34-23(35)33-24(36)40-34)11-21(38-13-15-2-6-18(7-3-15)25(27,28)29)22(20)39-14-16-4-8-19(9-5-16)26(30,31)32/h2*2-11H,12-14H2,1H3,(H,33,35,36). The highest BCUT2D eigenvalue weighted by atomic mass is 19.4. The van der Waals surface area contributed by atoms with Gasteiger partial charge in [0.2, 0.25) is 11.5 Å². The Kier molecular flexibility index (Phi) is 17.7. The molecule has 6 aromatic carbocycles. The number of hydrogen-bond acceptors (Lipinski definition) is 12. The van der Waals surface area contributed by atoms with Crippen LogP contribution in [0.4, 0.5) is 52.7 Å². The summed E-state index contributed by atoms with van der Waals surface area (Å²) in [6.07, 6.45) is -18.0. The maximum Gasteiger partial charge on any atom is 0.440 e. The van der Waals surface area contributed by atoms with Crippen LogP contribution in [0.15, 0.2) is 150 Å². The van der Waals surface area contributed by atoms with Crippen molar-refractivity contribution in [2.45, 2.75) is 64.2 Å². The predicted molar refractivity (Wildman–Crippen MR) is 254 cm³/mol. The van der Waals surface area contributed by atoms with Crippen LogP contribution in [0.3, 0.4) is 0 Å². The van der Waals surface area contributed by atoms with Crippen molar-refractivity contribution in [3.05, 3.63) is 219 Å². The summed E-state index contributed by atoms with van der Waals surface area (Å²) in [5.41, 5.74) is -2.64. The van der Waals surface area contributed by atoms with Crippen molar-refractivity contribution in [2.75, 3.05) is 14.2 Å². The van der Waals surface area contributed by atoms with Crippen molar-refractivity contribution in [1.82, 2.24) is 19.4 Å². The Morgan fingerprint density at radius 1 is 0.375 bits per heavy atom. The number of aromatic amines is 2. The number of benzene rings is 6. The first-order valence-corrected chi connectivity index (χ1v) is 22.8. The Hall–Kier alpha value is -9.24. The van der Waals surface area contributed by atoms with Gasteiger partial charge < -0.3 is 37.5 Å². The number of ether oxygens (including phenoxy) is 6. The van der Waals surface area contributed by atoms with Crippen LogP contribution in [-0.4, -0.2) is 33.7 Å². The van der Waals surface area contributed by atoms with Crippen LogP contribution in [-0.2, 0) is 64.2 Å². The first kappa shape index (κ1) is 58.4. The topological polar surface area (TPSA) is 191 Å². The number of methoxy groups -OCH3 is 2. The lowest BCUT2D eigenvalue weighted by atomic mass is 10.1. The third-order valence-corrected chi connectivity index (χ3v) is 11.2. The van der Waals surface area contributed by atoms with Gasteiger partial charge in [0, 0.05) is 0 Å². The van der Waals surface area contributed by atoms with E-state index in [4.69, 9.17) is 37.5 Å². The van der Waals surface area contributed by atoms with Gasteiger partial charge >= 0.3 is 47.6 Å². The van der Waals surface area contributed by atoms with E-state index in [0.29, 0.717) is 33.4 Å². The Labute approximate surface area is 440 Å². The molecule has 0 aliphatic rings. The maximum atomic E-state index is 12.9. The lowest BCUT2D eigenvalue weighted by Gasteiger charge is -2.18. The van der Waals surface area contributed by atoms with Crippen LogP contribution in [0.25, 0.3) is 0 Å². The van der Waals surface area contributed by atoms with Crippen LogP contribution in [0.5, 0.6) is 34.5 Å². The van der Waals surface area contributed by atoms with Gasteiger partial charge in [-0.25, -0.2) is 29.1 Å². The molecule has 2 aromatic heterocycles. The maximum absolute atomic E-state index is 12.9. The Balaban J connectivity index is 0.000000231. The summed E-state index contributed by atoms with van der Waals surface area (Å²) < 4.78 is 200. The molecule has 0 amide bonds. The first-order chi connectivity index (χ1) is 37.7. The first-order valence-electron chi connectivity index (χ1n) is 22.8. The number of alkyl halides is 12. The summed E-state index contributed by atoms with van der Waals surface area (Å²) in [6.45, 7) is -1.19. The Morgan fingerprint density at radius 3 is 0.850 bits per heavy atom. The fourth-order valence-corrected chi connectivity index (χ4v) is 7.21. The summed E-state index contributed by atoms with van der Waals surface area (Å²) in [6, 6.07) is 23.0. The second-order valence-electron chi connectivity index (χ2n) is 16.9. The summed E-state index contributed by atoms with van der Waals surface area (Å²) in [5, 5.41) is 0. The molecule has 0 radical (unpaired) electrons. The molecule has 2 N–H and O–H groups in total. The SMILES string of the molecule is COc1cc(Cn2oc(=O)[nH]c2=O)cc(OCc2ccc(C(F)(F)F)cc2)c1OCc1ccc(C(F)(F)F)cc1.COc1cc(Cn2oc(=O)[nH]c2=O)cc(OCc2ccc(C(F)(F)F)cc2)c1OCc1ccc(C(F)(F)F)cc1. The largest absolute Gasteiger partial charge is 0.493 e. The van der Waals surface area contributed by atoms with E-state index >= 15 is 0 Å². The van der Waals surface area contributed by atoms with Crippen molar-refractivity contribution in [3.8, 4) is 34.5 Å². The smallest absolute Gasteiger partial charge is 0.440 e. The molecule has 0 aliphatic heterocycles. The minimum Gasteiger partial charge on any atom is -0.493 e. The molecule has 2 heterocycles. The molecule has 0 aliphatic carbocycles. The monoisotopic (exact) mass is 1140 g/mol. The van der Waals surface area contributed by atoms with Crippen LogP contribution >= 0.6 is 0 Å². The second kappa shape index (κ2) is 24.2. The molecule has 0 saturated heterocycles. The molecule has 0 unspecified atom stereocenters. The van der Waals surface area contributed by atoms with E-state index in [-0.39, 0.29) is 74.0 Å². The average Bonchev–Trinajstić information content (AvgIpc) is 3.91. The molecular weight excluding hydrogens is 1100 g/mol. The van der Waals surface area contributed by atoms with Gasteiger partial charge in [-0.3, -0.25) is 0 Å². The van der Waals surface area contributed by atoms with Crippen LogP contribution in [0.1, 0.15) is 55.6 Å². The lowest BCUT2D eigenvalue weighted by molar-refractivity contribution is -0.138. The lowest BCUT2D eigenvalue weighted by Crippen LogP contribution is -2.17. The molecule has 28 heteroatoms. The van der Waals surface area contributed by atoms with Crippen molar-refractivity contribution < 1.29 is 90.2 Å². The van der Waals surface area contributed by atoms with E-state index in [1.54, 1.807) is 0 Å². The highest BCUT2D eigenvalue weighted by molar-refractivity contribution is 5.55. The normalized spacial score (nSPS) is 11.9. The molecule has 0 saturated carbocycles. The number of nitrogens with zero attached hydrogens (tertiary/aromatic N) is 2. The van der Waals surface area contributed by atoms with Gasteiger partial charge in [-0.15, -0.1) is 9.48 Å². The van der Waals surface area contributed by atoms with E-state index < -0.39 is 69.9 Å². The Morgan fingerprint density at radius 2 is 0.625 bits per heavy atom. The fourth-order valence-electron chi connectivity index (χ4n) is 7.21. The van der Waals surface area contributed by atoms with Gasteiger partial charge in [-0.05, 0) is 106 Å². The highest BCUT2D eigenvalue weighted by Crippen LogP contribution is 2.42. The zero-order valence-corrected chi connectivity index (χ0v) is 41.1. The van der Waals surface area contributed by atoms with E-state index in [9.17, 15) is 71.9 Å². The van der Waals surface area contributed by atoms with Crippen LogP contribution in [0, 0.1) is 0 Å². The highest BCUT2D eigenvalue weighted by Gasteiger charge is 2.33. The molecule has 0 spiro atoms. The molecule has 8 rings (SSSR count). The minimum atomic E-state index is -4.51. The molecule has 80 heavy (non-hydrogen) atoms. The van der Waals surface area contributed by atoms with Gasteiger partial charge in [0.1, 0.15) is 26.4 Å². The molecule has 8 aromatic rings. The molecule has 424 valence electrons. The van der Waals surface area contributed by atoms with Crippen LogP contribution in [0.2, 0.25) is 0 Å². The van der Waals surface area contributed by atoms with Crippen molar-refractivity contribution in [3.63, 3.8) is 0 Å². The number of nitrogens with one attached hydrogen (secondary N) is 2. The van der Waals surface area contributed by atoms with Gasteiger partial charge in [0.15, 0.2) is 23.0 Å².